The molecule has 0 bridgehead atoms. The minimum Gasteiger partial charge on any atom is -0.478 e. The van der Waals surface area contributed by atoms with Gasteiger partial charge in [0.25, 0.3) is 5.91 Å². The third-order valence-corrected chi connectivity index (χ3v) is 4.96. The number of carboxylic acid groups (broad SMARTS) is 1. The summed E-state index contributed by atoms with van der Waals surface area (Å²) in [5.41, 5.74) is 0.715. The van der Waals surface area contributed by atoms with Crippen molar-refractivity contribution in [1.29, 1.82) is 0 Å². The molecule has 0 atom stereocenters. The molecule has 1 fully saturated rings. The van der Waals surface area contributed by atoms with Gasteiger partial charge in [0.05, 0.1) is 17.1 Å². The topological polar surface area (TPSA) is 99.9 Å². The van der Waals surface area contributed by atoms with Crippen molar-refractivity contribution in [2.45, 2.75) is 6.54 Å². The summed E-state index contributed by atoms with van der Waals surface area (Å²) >= 11 is 5.99. The highest BCUT2D eigenvalue weighted by molar-refractivity contribution is 6.33. The Hall–Kier alpha value is -3.91. The molecule has 156 valence electrons. The van der Waals surface area contributed by atoms with Gasteiger partial charge in [0, 0.05) is 17.2 Å². The number of carboxylic acids is 1. The lowest BCUT2D eigenvalue weighted by Crippen LogP contribution is -2.30. The van der Waals surface area contributed by atoms with Gasteiger partial charge in [-0.2, -0.15) is 0 Å². The number of carbonyl (C=O) groups excluding carboxylic acids is 2. The Morgan fingerprint density at radius 2 is 1.94 bits per heavy atom. The van der Waals surface area contributed by atoms with E-state index in [2.05, 4.69) is 5.32 Å². The highest BCUT2D eigenvalue weighted by Crippen LogP contribution is 2.28. The van der Waals surface area contributed by atoms with Crippen LogP contribution in [0.5, 0.6) is 0 Å². The monoisotopic (exact) mass is 440 g/mol. The van der Waals surface area contributed by atoms with Crippen molar-refractivity contribution in [3.05, 3.63) is 88.0 Å². The highest BCUT2D eigenvalue weighted by atomic mass is 35.5. The average molecular weight is 441 g/mol. The molecule has 0 aliphatic carbocycles. The van der Waals surface area contributed by atoms with Crippen molar-refractivity contribution in [2.75, 3.05) is 0 Å². The quantitative estimate of drug-likeness (QED) is 0.448. The Bertz CT molecular complexity index is 1250. The fourth-order valence-corrected chi connectivity index (χ4v) is 3.34. The van der Waals surface area contributed by atoms with Crippen molar-refractivity contribution >= 4 is 35.6 Å². The van der Waals surface area contributed by atoms with Gasteiger partial charge in [0.15, 0.2) is 0 Å². The second kappa shape index (κ2) is 8.08. The van der Waals surface area contributed by atoms with Crippen LogP contribution < -0.4 is 5.32 Å². The number of furan rings is 1. The van der Waals surface area contributed by atoms with Crippen molar-refractivity contribution in [1.82, 2.24) is 10.2 Å². The predicted molar refractivity (Wildman–Crippen MR) is 110 cm³/mol. The maximum atomic E-state index is 13.9. The molecule has 0 saturated carbocycles. The summed E-state index contributed by atoms with van der Waals surface area (Å²) in [5.74, 6) is -1.59. The number of aromatic carboxylic acids is 1. The Balaban J connectivity index is 1.55. The summed E-state index contributed by atoms with van der Waals surface area (Å²) in [6.07, 6.45) is 1.36. The third kappa shape index (κ3) is 4.06. The molecule has 1 aliphatic rings. The number of imide groups is 1. The molecule has 7 nitrogen and oxygen atoms in total. The van der Waals surface area contributed by atoms with Gasteiger partial charge in [-0.25, -0.2) is 14.0 Å². The van der Waals surface area contributed by atoms with E-state index in [0.29, 0.717) is 11.3 Å². The lowest BCUT2D eigenvalue weighted by molar-refractivity contribution is -0.123. The van der Waals surface area contributed by atoms with Crippen LogP contribution in [-0.4, -0.2) is 27.9 Å². The predicted octanol–water partition coefficient (Wildman–Crippen LogP) is 4.53. The van der Waals surface area contributed by atoms with Gasteiger partial charge in [-0.05, 0) is 30.3 Å². The molecule has 0 radical (unpaired) electrons. The number of benzene rings is 2. The molecule has 3 aromatic rings. The third-order valence-electron chi connectivity index (χ3n) is 4.65. The van der Waals surface area contributed by atoms with E-state index < -0.39 is 23.7 Å². The van der Waals surface area contributed by atoms with Crippen LogP contribution in [0.25, 0.3) is 17.4 Å². The number of halogens is 2. The summed E-state index contributed by atoms with van der Waals surface area (Å²) in [5, 5.41) is 11.6. The second-order valence-corrected chi connectivity index (χ2v) is 7.08. The zero-order valence-electron chi connectivity index (χ0n) is 15.8. The lowest BCUT2D eigenvalue weighted by Gasteiger charge is -2.12. The van der Waals surface area contributed by atoms with Crippen LogP contribution in [0.3, 0.4) is 0 Å². The number of nitrogens with one attached hydrogen (secondary N) is 1. The molecule has 1 aromatic heterocycles. The van der Waals surface area contributed by atoms with Gasteiger partial charge in [-0.3, -0.25) is 9.69 Å². The van der Waals surface area contributed by atoms with E-state index in [9.17, 15) is 18.8 Å². The average Bonchev–Trinajstić information content (AvgIpc) is 3.29. The molecule has 1 saturated heterocycles. The Labute approximate surface area is 180 Å². The Morgan fingerprint density at radius 3 is 2.65 bits per heavy atom. The van der Waals surface area contributed by atoms with E-state index >= 15 is 0 Å². The van der Waals surface area contributed by atoms with Crippen molar-refractivity contribution < 1.29 is 28.3 Å². The van der Waals surface area contributed by atoms with E-state index in [-0.39, 0.29) is 34.2 Å². The molecule has 1 aliphatic heterocycles. The van der Waals surface area contributed by atoms with Crippen LogP contribution in [0.4, 0.5) is 9.18 Å². The molecule has 4 rings (SSSR count). The van der Waals surface area contributed by atoms with Gasteiger partial charge in [0.1, 0.15) is 23.0 Å². The summed E-state index contributed by atoms with van der Waals surface area (Å²) in [7, 11) is 0. The number of hydrogen-bond donors (Lipinski definition) is 2. The SMILES string of the molecule is O=C(O)c1ccc(-c2ccc(/C=C3\NC(=O)N(Cc4ccccc4F)C3=O)o2)cc1Cl. The van der Waals surface area contributed by atoms with Gasteiger partial charge < -0.3 is 14.8 Å². The van der Waals surface area contributed by atoms with E-state index in [1.54, 1.807) is 24.3 Å². The van der Waals surface area contributed by atoms with Crippen LogP contribution in [0.1, 0.15) is 21.7 Å². The largest absolute Gasteiger partial charge is 0.478 e. The first-order valence-corrected chi connectivity index (χ1v) is 9.42. The van der Waals surface area contributed by atoms with Crippen LogP contribution in [0.15, 0.2) is 64.7 Å². The smallest absolute Gasteiger partial charge is 0.337 e. The van der Waals surface area contributed by atoms with Crippen molar-refractivity contribution in [3.8, 4) is 11.3 Å². The molecule has 31 heavy (non-hydrogen) atoms. The Kier molecular flexibility index (Phi) is 5.31. The highest BCUT2D eigenvalue weighted by Gasteiger charge is 2.34. The van der Waals surface area contributed by atoms with Crippen LogP contribution in [-0.2, 0) is 11.3 Å². The van der Waals surface area contributed by atoms with Crippen molar-refractivity contribution in [3.63, 3.8) is 0 Å². The normalized spacial score (nSPS) is 14.9. The summed E-state index contributed by atoms with van der Waals surface area (Å²) in [4.78, 5) is 36.8. The molecule has 9 heteroatoms. The van der Waals surface area contributed by atoms with Crippen LogP contribution >= 0.6 is 11.6 Å². The first-order chi connectivity index (χ1) is 14.8. The first-order valence-electron chi connectivity index (χ1n) is 9.04. The van der Waals surface area contributed by atoms with Gasteiger partial charge in [-0.1, -0.05) is 35.9 Å². The summed E-state index contributed by atoms with van der Waals surface area (Å²) in [6.45, 7) is -0.202. The number of hydrogen-bond acceptors (Lipinski definition) is 4. The van der Waals surface area contributed by atoms with Gasteiger partial charge in [0.2, 0.25) is 0 Å². The first kappa shape index (κ1) is 20.4. The fourth-order valence-electron chi connectivity index (χ4n) is 3.08. The van der Waals surface area contributed by atoms with E-state index in [0.717, 1.165) is 4.90 Å². The van der Waals surface area contributed by atoms with Crippen LogP contribution in [0, 0.1) is 5.82 Å². The number of carbonyl (C=O) groups is 3. The van der Waals surface area contributed by atoms with Gasteiger partial charge in [-0.15, -0.1) is 0 Å². The Morgan fingerprint density at radius 1 is 1.16 bits per heavy atom. The van der Waals surface area contributed by atoms with E-state index in [1.165, 1.54) is 36.4 Å². The fraction of sp³-hybridized carbons (Fsp3) is 0.0455. The molecule has 3 amide bonds. The molecule has 0 spiro atoms. The van der Waals surface area contributed by atoms with Gasteiger partial charge >= 0.3 is 12.0 Å². The van der Waals surface area contributed by atoms with E-state index in [1.807, 2.05) is 0 Å². The van der Waals surface area contributed by atoms with E-state index in [4.69, 9.17) is 21.1 Å². The molecular formula is C22H14ClFN2O5. The minimum absolute atomic E-state index is 0.0125. The maximum Gasteiger partial charge on any atom is 0.337 e. The second-order valence-electron chi connectivity index (χ2n) is 6.67. The molecule has 2 N–H and O–H groups in total. The molecule has 2 heterocycles. The lowest BCUT2D eigenvalue weighted by atomic mass is 10.1. The summed E-state index contributed by atoms with van der Waals surface area (Å²) in [6, 6.07) is 12.8. The number of urea groups is 1. The maximum absolute atomic E-state index is 13.9. The van der Waals surface area contributed by atoms with Crippen LogP contribution in [0.2, 0.25) is 5.02 Å². The summed E-state index contributed by atoms with van der Waals surface area (Å²) < 4.78 is 19.5. The zero-order chi connectivity index (χ0) is 22.1. The zero-order valence-corrected chi connectivity index (χ0v) is 16.5. The number of rotatable bonds is 5. The number of nitrogens with zero attached hydrogens (tertiary/aromatic N) is 1. The van der Waals surface area contributed by atoms with Crippen molar-refractivity contribution in [2.24, 2.45) is 0 Å². The standard InChI is InChI=1S/C22H14ClFN2O5/c23-16-9-12(5-7-15(16)21(28)29)19-8-6-14(31-19)10-18-20(27)26(22(30)25-18)11-13-3-1-2-4-17(13)24/h1-10H,11H2,(H,25,30)(H,28,29)/b18-10-. The molecule has 2 aromatic carbocycles. The molecule has 0 unspecified atom stereocenters. The molecular weight excluding hydrogens is 427 g/mol. The number of amides is 3. The minimum atomic E-state index is -1.14.